The molecule has 2 rings (SSSR count). The van der Waals surface area contributed by atoms with Gasteiger partial charge in [-0.3, -0.25) is 0 Å². The molecule has 0 saturated carbocycles. The Kier molecular flexibility index (Phi) is 3.47. The number of sulfone groups is 1. The Hall–Kier alpha value is -1.30. The molecule has 0 radical (unpaired) electrons. The summed E-state index contributed by atoms with van der Waals surface area (Å²) in [6.07, 6.45) is -0.0615. The van der Waals surface area contributed by atoms with Crippen LogP contribution in [0.3, 0.4) is 0 Å². The molecule has 104 valence electrons. The van der Waals surface area contributed by atoms with Crippen LogP contribution in [0.1, 0.15) is 18.9 Å². The number of halogens is 3. The molecule has 6 heteroatoms. The van der Waals surface area contributed by atoms with Gasteiger partial charge in [0.05, 0.1) is 5.25 Å². The molecule has 0 bridgehead atoms. The molecule has 1 aromatic carbocycles. The number of allylic oxidation sites excluding steroid dienone is 1. The molecule has 1 aromatic rings. The van der Waals surface area contributed by atoms with Crippen LogP contribution in [0.4, 0.5) is 13.2 Å². The molecule has 2 nitrogen and oxygen atoms in total. The van der Waals surface area contributed by atoms with Crippen molar-refractivity contribution in [1.29, 1.82) is 0 Å². The fraction of sp³-hybridized carbons (Fsp3) is 0.385. The highest BCUT2D eigenvalue weighted by Crippen LogP contribution is 2.41. The van der Waals surface area contributed by atoms with E-state index in [2.05, 4.69) is 0 Å². The van der Waals surface area contributed by atoms with Gasteiger partial charge in [0.2, 0.25) is 0 Å². The van der Waals surface area contributed by atoms with Crippen molar-refractivity contribution in [3.63, 3.8) is 0 Å². The Balaban J connectivity index is 2.48. The maximum Gasteiger partial charge on any atom is 0.268 e. The van der Waals surface area contributed by atoms with Crippen LogP contribution < -0.4 is 0 Å². The summed E-state index contributed by atoms with van der Waals surface area (Å²) in [6.45, 7) is 1.42. The van der Waals surface area contributed by atoms with Crippen LogP contribution in [0.25, 0.3) is 5.57 Å². The van der Waals surface area contributed by atoms with E-state index in [0.717, 1.165) is 12.1 Å². The van der Waals surface area contributed by atoms with Crippen LogP contribution in [0.5, 0.6) is 0 Å². The summed E-state index contributed by atoms with van der Waals surface area (Å²) in [6, 6.07) is 4.89. The summed E-state index contributed by atoms with van der Waals surface area (Å²) < 4.78 is 63.5. The van der Waals surface area contributed by atoms with E-state index in [4.69, 9.17) is 0 Å². The predicted molar refractivity (Wildman–Crippen MR) is 67.2 cm³/mol. The normalized spacial score (nSPS) is 22.3. The number of hydrogen-bond acceptors (Lipinski definition) is 2. The lowest BCUT2D eigenvalue weighted by Gasteiger charge is -2.15. The van der Waals surface area contributed by atoms with Gasteiger partial charge in [0.1, 0.15) is 5.82 Å². The van der Waals surface area contributed by atoms with Gasteiger partial charge in [-0.15, -0.1) is 0 Å². The minimum absolute atomic E-state index is 0.0619. The van der Waals surface area contributed by atoms with Crippen molar-refractivity contribution >= 4 is 15.4 Å². The molecule has 0 aliphatic heterocycles. The molecule has 0 N–H and O–H groups in total. The van der Waals surface area contributed by atoms with Gasteiger partial charge in [-0.1, -0.05) is 19.1 Å². The SMILES string of the molecule is CCS(=O)(=O)C1CC(F)(F)C=C1c1ccc(F)cc1. The van der Waals surface area contributed by atoms with Crippen LogP contribution in [-0.4, -0.2) is 25.3 Å². The van der Waals surface area contributed by atoms with Gasteiger partial charge in [-0.05, 0) is 29.3 Å². The Labute approximate surface area is 109 Å². The van der Waals surface area contributed by atoms with Gasteiger partial charge in [0, 0.05) is 12.2 Å². The first-order valence-electron chi connectivity index (χ1n) is 5.83. The van der Waals surface area contributed by atoms with E-state index < -0.39 is 33.2 Å². The number of hydrogen-bond donors (Lipinski definition) is 0. The Morgan fingerprint density at radius 3 is 2.37 bits per heavy atom. The summed E-state index contributed by atoms with van der Waals surface area (Å²) in [5.41, 5.74) is 0.382. The topological polar surface area (TPSA) is 34.1 Å². The minimum atomic E-state index is -3.62. The highest BCUT2D eigenvalue weighted by molar-refractivity contribution is 7.92. The third kappa shape index (κ3) is 2.83. The molecule has 0 saturated heterocycles. The number of rotatable bonds is 3. The van der Waals surface area contributed by atoms with Crippen molar-refractivity contribution in [3.8, 4) is 0 Å². The molecular formula is C13H13F3O2S. The first kappa shape index (κ1) is 14.1. The molecule has 19 heavy (non-hydrogen) atoms. The molecule has 1 aliphatic rings. The van der Waals surface area contributed by atoms with Crippen LogP contribution in [0, 0.1) is 5.82 Å². The predicted octanol–water partition coefficient (Wildman–Crippen LogP) is 3.05. The molecule has 0 fully saturated rings. The standard InChI is InChI=1S/C13H13F3O2S/c1-2-19(17,18)12-8-13(15,16)7-11(12)9-3-5-10(14)6-4-9/h3-7,12H,2,8H2,1H3. The number of benzene rings is 1. The highest BCUT2D eigenvalue weighted by Gasteiger charge is 2.45. The second-order valence-corrected chi connectivity index (χ2v) is 6.98. The summed E-state index contributed by atoms with van der Waals surface area (Å²) in [7, 11) is -3.62. The first-order chi connectivity index (χ1) is 8.75. The van der Waals surface area contributed by atoms with Gasteiger partial charge >= 0.3 is 0 Å². The molecule has 0 heterocycles. The molecular weight excluding hydrogens is 277 g/mol. The second kappa shape index (κ2) is 4.67. The zero-order chi connectivity index (χ0) is 14.3. The van der Waals surface area contributed by atoms with Crippen molar-refractivity contribution in [1.82, 2.24) is 0 Å². The summed E-state index contributed by atoms with van der Waals surface area (Å²) in [4.78, 5) is 0. The summed E-state index contributed by atoms with van der Waals surface area (Å²) in [5, 5.41) is -1.22. The van der Waals surface area contributed by atoms with Gasteiger partial charge in [0.15, 0.2) is 9.84 Å². The average Bonchev–Trinajstić information content (AvgIpc) is 2.67. The fourth-order valence-corrected chi connectivity index (χ4v) is 3.64. The van der Waals surface area contributed by atoms with Crippen molar-refractivity contribution < 1.29 is 21.6 Å². The molecule has 1 unspecified atom stereocenters. The lowest BCUT2D eigenvalue weighted by molar-refractivity contribution is 0.0561. The van der Waals surface area contributed by atoms with E-state index in [9.17, 15) is 21.6 Å². The lowest BCUT2D eigenvalue weighted by Crippen LogP contribution is -2.25. The summed E-state index contributed by atoms with van der Waals surface area (Å²) >= 11 is 0. The van der Waals surface area contributed by atoms with E-state index in [1.165, 1.54) is 19.1 Å². The van der Waals surface area contributed by atoms with Crippen LogP contribution in [0.2, 0.25) is 0 Å². The van der Waals surface area contributed by atoms with Crippen LogP contribution in [0.15, 0.2) is 30.3 Å². The Bertz CT molecular complexity index is 603. The van der Waals surface area contributed by atoms with Gasteiger partial charge in [-0.2, -0.15) is 0 Å². The molecule has 0 spiro atoms. The second-order valence-electron chi connectivity index (χ2n) is 4.51. The number of alkyl halides is 2. The van der Waals surface area contributed by atoms with Crippen molar-refractivity contribution in [2.24, 2.45) is 0 Å². The Morgan fingerprint density at radius 1 is 1.26 bits per heavy atom. The van der Waals surface area contributed by atoms with Crippen molar-refractivity contribution in [2.75, 3.05) is 5.75 Å². The Morgan fingerprint density at radius 2 is 1.84 bits per heavy atom. The van der Waals surface area contributed by atoms with Gasteiger partial charge < -0.3 is 0 Å². The summed E-state index contributed by atoms with van der Waals surface area (Å²) in [5.74, 6) is -3.84. The average molecular weight is 290 g/mol. The third-order valence-electron chi connectivity index (χ3n) is 3.18. The highest BCUT2D eigenvalue weighted by atomic mass is 32.2. The third-order valence-corrected chi connectivity index (χ3v) is 5.28. The molecule has 1 atom stereocenters. The smallest absolute Gasteiger partial charge is 0.228 e. The van der Waals surface area contributed by atoms with E-state index >= 15 is 0 Å². The van der Waals surface area contributed by atoms with E-state index in [1.54, 1.807) is 0 Å². The molecule has 0 aromatic heterocycles. The van der Waals surface area contributed by atoms with E-state index in [1.807, 2.05) is 0 Å². The van der Waals surface area contributed by atoms with Gasteiger partial charge in [0.25, 0.3) is 5.92 Å². The zero-order valence-corrected chi connectivity index (χ0v) is 11.1. The van der Waals surface area contributed by atoms with Gasteiger partial charge in [-0.25, -0.2) is 21.6 Å². The fourth-order valence-electron chi connectivity index (χ4n) is 2.17. The zero-order valence-electron chi connectivity index (χ0n) is 10.2. The molecule has 1 aliphatic carbocycles. The van der Waals surface area contributed by atoms with E-state index in [0.29, 0.717) is 11.6 Å². The van der Waals surface area contributed by atoms with Crippen LogP contribution in [-0.2, 0) is 9.84 Å². The molecule has 0 amide bonds. The maximum absolute atomic E-state index is 13.5. The largest absolute Gasteiger partial charge is 0.268 e. The van der Waals surface area contributed by atoms with Crippen LogP contribution >= 0.6 is 0 Å². The first-order valence-corrected chi connectivity index (χ1v) is 7.55. The lowest BCUT2D eigenvalue weighted by atomic mass is 10.1. The quantitative estimate of drug-likeness (QED) is 0.857. The van der Waals surface area contributed by atoms with E-state index in [-0.39, 0.29) is 11.3 Å². The maximum atomic E-state index is 13.5. The monoisotopic (exact) mass is 290 g/mol. The van der Waals surface area contributed by atoms with Crippen molar-refractivity contribution in [2.45, 2.75) is 24.5 Å². The van der Waals surface area contributed by atoms with Crippen molar-refractivity contribution in [3.05, 3.63) is 41.7 Å². The minimum Gasteiger partial charge on any atom is -0.228 e.